The van der Waals surface area contributed by atoms with Gasteiger partial charge in [0.05, 0.1) is 0 Å². The van der Waals surface area contributed by atoms with E-state index in [0.717, 1.165) is 16.7 Å². The van der Waals surface area contributed by atoms with Gasteiger partial charge in [0.25, 0.3) is 0 Å². The molecular weight excluding hydrogens is 148 g/mol. The lowest BCUT2D eigenvalue weighted by Crippen LogP contribution is -1.85. The smallest absolute Gasteiger partial charge is 0.116 e. The summed E-state index contributed by atoms with van der Waals surface area (Å²) >= 11 is 0. The molecule has 1 aromatic rings. The average Bonchev–Trinajstić information content (AvgIpc) is 2.03. The number of aromatic hydroxyl groups is 1. The maximum atomic E-state index is 9.26. The lowest BCUT2D eigenvalue weighted by atomic mass is 10.0. The molecule has 0 spiro atoms. The Kier molecular flexibility index (Phi) is 2.34. The van der Waals surface area contributed by atoms with Gasteiger partial charge in [-0.25, -0.2) is 0 Å². The van der Waals surface area contributed by atoms with Crippen molar-refractivity contribution < 1.29 is 5.11 Å². The van der Waals surface area contributed by atoms with Crippen molar-refractivity contribution in [3.63, 3.8) is 0 Å². The van der Waals surface area contributed by atoms with Gasteiger partial charge in [-0.15, -0.1) is 0 Å². The second-order valence-electron chi connectivity index (χ2n) is 2.67. The van der Waals surface area contributed by atoms with E-state index >= 15 is 0 Å². The first-order valence-electron chi connectivity index (χ1n) is 3.77. The third kappa shape index (κ3) is 1.40. The zero-order chi connectivity index (χ0) is 9.14. The summed E-state index contributed by atoms with van der Waals surface area (Å²) in [6.07, 6.45) is 3.48. The number of hydrogen-bond donors (Lipinski definition) is 1. The summed E-state index contributed by atoms with van der Waals surface area (Å²) in [6.45, 7) is 9.30. The van der Waals surface area contributed by atoms with Gasteiger partial charge < -0.3 is 5.11 Å². The van der Waals surface area contributed by atoms with Crippen molar-refractivity contribution in [2.45, 2.75) is 6.92 Å². The molecule has 0 radical (unpaired) electrons. The Bertz CT molecular complexity index is 324. The molecule has 0 unspecified atom stereocenters. The Hall–Kier alpha value is -1.50. The quantitative estimate of drug-likeness (QED) is 0.705. The highest BCUT2D eigenvalue weighted by atomic mass is 16.3. The standard InChI is InChI=1S/C11H12O/c1-4-9-7-10(12)6-8(3)11(9)5-2/h4-7,12H,1-2H2,3H3. The molecule has 1 aromatic carbocycles. The summed E-state index contributed by atoms with van der Waals surface area (Å²) in [5.41, 5.74) is 2.96. The van der Waals surface area contributed by atoms with Gasteiger partial charge in [0.15, 0.2) is 0 Å². The van der Waals surface area contributed by atoms with Crippen LogP contribution in [0.5, 0.6) is 5.75 Å². The third-order valence-electron chi connectivity index (χ3n) is 1.83. The van der Waals surface area contributed by atoms with Crippen LogP contribution in [0.2, 0.25) is 0 Å². The maximum Gasteiger partial charge on any atom is 0.116 e. The Morgan fingerprint density at radius 2 is 1.92 bits per heavy atom. The van der Waals surface area contributed by atoms with E-state index in [0.29, 0.717) is 0 Å². The highest BCUT2D eigenvalue weighted by Crippen LogP contribution is 2.22. The van der Waals surface area contributed by atoms with Crippen molar-refractivity contribution in [1.29, 1.82) is 0 Å². The molecule has 0 saturated carbocycles. The van der Waals surface area contributed by atoms with Gasteiger partial charge >= 0.3 is 0 Å². The number of rotatable bonds is 2. The van der Waals surface area contributed by atoms with Gasteiger partial charge in [-0.05, 0) is 35.7 Å². The molecule has 0 bridgehead atoms. The third-order valence-corrected chi connectivity index (χ3v) is 1.83. The SMILES string of the molecule is C=Cc1cc(O)cc(C)c1C=C. The molecule has 0 aliphatic rings. The van der Waals surface area contributed by atoms with Crippen molar-refractivity contribution in [2.75, 3.05) is 0 Å². The molecule has 0 amide bonds. The van der Waals surface area contributed by atoms with Crippen molar-refractivity contribution in [3.05, 3.63) is 42.0 Å². The van der Waals surface area contributed by atoms with Gasteiger partial charge in [0.2, 0.25) is 0 Å². The summed E-state index contributed by atoms with van der Waals surface area (Å²) in [5, 5.41) is 9.26. The number of benzene rings is 1. The molecule has 12 heavy (non-hydrogen) atoms. The molecular formula is C11H12O. The van der Waals surface area contributed by atoms with E-state index in [9.17, 15) is 5.11 Å². The van der Waals surface area contributed by atoms with E-state index in [2.05, 4.69) is 13.2 Å². The molecule has 1 nitrogen and oxygen atoms in total. The van der Waals surface area contributed by atoms with Crippen LogP contribution in [-0.4, -0.2) is 5.11 Å². The summed E-state index contributed by atoms with van der Waals surface area (Å²) in [6, 6.07) is 3.39. The lowest BCUT2D eigenvalue weighted by Gasteiger charge is -2.05. The van der Waals surface area contributed by atoms with Gasteiger partial charge in [0.1, 0.15) is 5.75 Å². The number of phenolic OH excluding ortho intramolecular Hbond substituents is 1. The molecule has 0 aromatic heterocycles. The van der Waals surface area contributed by atoms with Crippen LogP contribution in [-0.2, 0) is 0 Å². The lowest BCUT2D eigenvalue weighted by molar-refractivity contribution is 0.474. The molecule has 0 atom stereocenters. The summed E-state index contributed by atoms with van der Waals surface area (Å²) < 4.78 is 0. The second kappa shape index (κ2) is 3.26. The largest absolute Gasteiger partial charge is 0.508 e. The Morgan fingerprint density at radius 3 is 2.42 bits per heavy atom. The Labute approximate surface area is 72.7 Å². The van der Waals surface area contributed by atoms with Crippen molar-refractivity contribution in [1.82, 2.24) is 0 Å². The zero-order valence-corrected chi connectivity index (χ0v) is 7.17. The molecule has 1 heteroatoms. The van der Waals surface area contributed by atoms with E-state index in [1.807, 2.05) is 6.92 Å². The van der Waals surface area contributed by atoms with Crippen LogP contribution in [0.4, 0.5) is 0 Å². The van der Waals surface area contributed by atoms with E-state index in [-0.39, 0.29) is 5.75 Å². The van der Waals surface area contributed by atoms with E-state index in [1.165, 1.54) is 0 Å². The van der Waals surface area contributed by atoms with Crippen LogP contribution in [0.1, 0.15) is 16.7 Å². The van der Waals surface area contributed by atoms with E-state index in [1.54, 1.807) is 24.3 Å². The maximum absolute atomic E-state index is 9.26. The molecule has 1 rings (SSSR count). The highest BCUT2D eigenvalue weighted by molar-refractivity contribution is 5.67. The number of aryl methyl sites for hydroxylation is 1. The Balaban J connectivity index is 3.43. The first-order valence-corrected chi connectivity index (χ1v) is 3.77. The van der Waals surface area contributed by atoms with Crippen LogP contribution in [0.25, 0.3) is 12.2 Å². The minimum atomic E-state index is 0.271. The molecule has 0 aliphatic heterocycles. The fraction of sp³-hybridized carbons (Fsp3) is 0.0909. The topological polar surface area (TPSA) is 20.2 Å². The molecule has 0 aliphatic carbocycles. The highest BCUT2D eigenvalue weighted by Gasteiger charge is 2.01. The summed E-state index contributed by atoms with van der Waals surface area (Å²) in [5.74, 6) is 0.271. The van der Waals surface area contributed by atoms with Gasteiger partial charge in [-0.2, -0.15) is 0 Å². The van der Waals surface area contributed by atoms with Gasteiger partial charge in [-0.1, -0.05) is 25.3 Å². The van der Waals surface area contributed by atoms with E-state index < -0.39 is 0 Å². The number of phenols is 1. The fourth-order valence-corrected chi connectivity index (χ4v) is 1.25. The zero-order valence-electron chi connectivity index (χ0n) is 7.17. The van der Waals surface area contributed by atoms with E-state index in [4.69, 9.17) is 0 Å². The predicted molar refractivity (Wildman–Crippen MR) is 53.0 cm³/mol. The van der Waals surface area contributed by atoms with Crippen LogP contribution >= 0.6 is 0 Å². The minimum absolute atomic E-state index is 0.271. The molecule has 1 N–H and O–H groups in total. The van der Waals surface area contributed by atoms with Gasteiger partial charge in [-0.3, -0.25) is 0 Å². The van der Waals surface area contributed by atoms with Crippen LogP contribution in [0, 0.1) is 6.92 Å². The molecule has 0 fully saturated rings. The summed E-state index contributed by atoms with van der Waals surface area (Å²) in [4.78, 5) is 0. The summed E-state index contributed by atoms with van der Waals surface area (Å²) in [7, 11) is 0. The normalized spacial score (nSPS) is 9.42. The second-order valence-corrected chi connectivity index (χ2v) is 2.67. The number of hydrogen-bond acceptors (Lipinski definition) is 1. The van der Waals surface area contributed by atoms with Crippen LogP contribution < -0.4 is 0 Å². The van der Waals surface area contributed by atoms with Crippen LogP contribution in [0.15, 0.2) is 25.3 Å². The molecule has 62 valence electrons. The molecule has 0 heterocycles. The fourth-order valence-electron chi connectivity index (χ4n) is 1.25. The molecule has 0 saturated heterocycles. The average molecular weight is 160 g/mol. The van der Waals surface area contributed by atoms with Gasteiger partial charge in [0, 0.05) is 0 Å². The first-order chi connectivity index (χ1) is 5.69. The van der Waals surface area contributed by atoms with Crippen LogP contribution in [0.3, 0.4) is 0 Å². The first kappa shape index (κ1) is 8.60. The van der Waals surface area contributed by atoms with Crippen molar-refractivity contribution in [3.8, 4) is 5.75 Å². The minimum Gasteiger partial charge on any atom is -0.508 e. The van der Waals surface area contributed by atoms with Crippen molar-refractivity contribution in [2.24, 2.45) is 0 Å². The predicted octanol–water partition coefficient (Wildman–Crippen LogP) is 2.99. The Morgan fingerprint density at radius 1 is 1.25 bits per heavy atom. The van der Waals surface area contributed by atoms with Crippen molar-refractivity contribution >= 4 is 12.2 Å². The monoisotopic (exact) mass is 160 g/mol.